The van der Waals surface area contributed by atoms with Crippen molar-refractivity contribution in [3.8, 4) is 0 Å². The largest absolute Gasteiger partial charge is 0.330 e. The molecule has 5 nitrogen and oxygen atoms in total. The number of nitrogens with two attached hydrogens (primary N) is 1. The van der Waals surface area contributed by atoms with Gasteiger partial charge >= 0.3 is 0 Å². The monoisotopic (exact) mass is 313 g/mol. The molecule has 116 valence electrons. The highest BCUT2D eigenvalue weighted by Gasteiger charge is 2.34. The molecule has 0 amide bonds. The van der Waals surface area contributed by atoms with Gasteiger partial charge in [-0.15, -0.1) is 12.4 Å². The minimum Gasteiger partial charge on any atom is -0.330 e. The third-order valence-corrected chi connectivity index (χ3v) is 5.69. The van der Waals surface area contributed by atoms with Gasteiger partial charge in [0.25, 0.3) is 10.2 Å². The molecule has 0 bridgehead atoms. The SMILES string of the molecule is CC1CCCCN1S(=O)(=O)N(C)CC(C)(C)CN.Cl. The summed E-state index contributed by atoms with van der Waals surface area (Å²) < 4.78 is 28.1. The normalized spacial score (nSPS) is 22.3. The average molecular weight is 314 g/mol. The summed E-state index contributed by atoms with van der Waals surface area (Å²) in [6.07, 6.45) is 3.02. The Bertz CT molecular complexity index is 373. The Kier molecular flexibility index (Phi) is 7.27. The second-order valence-electron chi connectivity index (χ2n) is 6.09. The van der Waals surface area contributed by atoms with Crippen LogP contribution in [0.1, 0.15) is 40.0 Å². The van der Waals surface area contributed by atoms with E-state index in [1.54, 1.807) is 11.4 Å². The van der Waals surface area contributed by atoms with Gasteiger partial charge in [0.15, 0.2) is 0 Å². The Morgan fingerprint density at radius 1 is 1.37 bits per heavy atom. The Hall–Kier alpha value is 0.120. The Morgan fingerprint density at radius 3 is 2.42 bits per heavy atom. The summed E-state index contributed by atoms with van der Waals surface area (Å²) in [6, 6.07) is 0.104. The molecule has 0 spiro atoms. The molecule has 0 saturated carbocycles. The fraction of sp³-hybridized carbons (Fsp3) is 1.00. The Labute approximate surface area is 124 Å². The number of rotatable bonds is 5. The van der Waals surface area contributed by atoms with Crippen LogP contribution in [0.3, 0.4) is 0 Å². The molecule has 0 aliphatic carbocycles. The highest BCUT2D eigenvalue weighted by Crippen LogP contribution is 2.24. The number of hydrogen-bond acceptors (Lipinski definition) is 3. The maximum atomic E-state index is 12.5. The average Bonchev–Trinajstić information content (AvgIpc) is 2.28. The lowest BCUT2D eigenvalue weighted by atomic mass is 9.94. The fourth-order valence-corrected chi connectivity index (χ4v) is 4.13. The second-order valence-corrected chi connectivity index (χ2v) is 8.08. The number of hydrogen-bond donors (Lipinski definition) is 1. The van der Waals surface area contributed by atoms with Crippen LogP contribution in [0.4, 0.5) is 0 Å². The summed E-state index contributed by atoms with van der Waals surface area (Å²) in [5.41, 5.74) is 5.47. The molecule has 0 radical (unpaired) electrons. The van der Waals surface area contributed by atoms with Gasteiger partial charge in [-0.25, -0.2) is 0 Å². The van der Waals surface area contributed by atoms with Crippen molar-refractivity contribution in [1.29, 1.82) is 0 Å². The summed E-state index contributed by atoms with van der Waals surface area (Å²) in [7, 11) is -1.70. The van der Waals surface area contributed by atoms with Crippen LogP contribution in [0.2, 0.25) is 0 Å². The first-order chi connectivity index (χ1) is 8.20. The number of piperidine rings is 1. The van der Waals surface area contributed by atoms with Crippen LogP contribution in [0.5, 0.6) is 0 Å². The zero-order chi connectivity index (χ0) is 14.0. The molecule has 1 fully saturated rings. The van der Waals surface area contributed by atoms with Crippen LogP contribution >= 0.6 is 12.4 Å². The third kappa shape index (κ3) is 4.86. The summed E-state index contributed by atoms with van der Waals surface area (Å²) in [6.45, 7) is 7.52. The molecule has 7 heteroatoms. The molecular weight excluding hydrogens is 286 g/mol. The van der Waals surface area contributed by atoms with Gasteiger partial charge in [0, 0.05) is 26.2 Å². The molecule has 1 heterocycles. The fourth-order valence-electron chi connectivity index (χ4n) is 2.34. The lowest BCUT2D eigenvalue weighted by Gasteiger charge is -2.37. The topological polar surface area (TPSA) is 66.6 Å². The minimum atomic E-state index is -3.34. The van der Waals surface area contributed by atoms with Crippen LogP contribution in [0.25, 0.3) is 0 Å². The predicted octanol–water partition coefficient (Wildman–Crippen LogP) is 1.44. The molecule has 2 N–H and O–H groups in total. The van der Waals surface area contributed by atoms with E-state index in [9.17, 15) is 8.42 Å². The van der Waals surface area contributed by atoms with Crippen LogP contribution in [-0.4, -0.2) is 49.8 Å². The molecule has 19 heavy (non-hydrogen) atoms. The van der Waals surface area contributed by atoms with E-state index in [2.05, 4.69) is 0 Å². The smallest absolute Gasteiger partial charge is 0.281 e. The van der Waals surface area contributed by atoms with Gasteiger partial charge in [-0.05, 0) is 31.7 Å². The van der Waals surface area contributed by atoms with Crippen LogP contribution in [-0.2, 0) is 10.2 Å². The van der Waals surface area contributed by atoms with E-state index in [1.807, 2.05) is 20.8 Å². The molecule has 1 unspecified atom stereocenters. The Balaban J connectivity index is 0.00000324. The molecule has 1 aliphatic heterocycles. The summed E-state index contributed by atoms with van der Waals surface area (Å²) >= 11 is 0. The van der Waals surface area contributed by atoms with Gasteiger partial charge in [0.05, 0.1) is 0 Å². The lowest BCUT2D eigenvalue weighted by molar-refractivity contribution is 0.230. The Morgan fingerprint density at radius 2 is 1.95 bits per heavy atom. The number of halogens is 1. The van der Waals surface area contributed by atoms with Crippen molar-refractivity contribution in [3.05, 3.63) is 0 Å². The summed E-state index contributed by atoms with van der Waals surface area (Å²) in [4.78, 5) is 0. The molecule has 1 atom stereocenters. The van der Waals surface area contributed by atoms with Crippen LogP contribution in [0.15, 0.2) is 0 Å². The highest BCUT2D eigenvalue weighted by atomic mass is 35.5. The van der Waals surface area contributed by atoms with Gasteiger partial charge in [0.2, 0.25) is 0 Å². The van der Waals surface area contributed by atoms with E-state index in [-0.39, 0.29) is 23.9 Å². The third-order valence-electron chi connectivity index (χ3n) is 3.64. The van der Waals surface area contributed by atoms with Crippen molar-refractivity contribution < 1.29 is 8.42 Å². The van der Waals surface area contributed by atoms with Crippen molar-refractivity contribution in [2.45, 2.75) is 46.1 Å². The van der Waals surface area contributed by atoms with Gasteiger partial charge in [0.1, 0.15) is 0 Å². The summed E-state index contributed by atoms with van der Waals surface area (Å²) in [5.74, 6) is 0. The molecule has 1 saturated heterocycles. The second kappa shape index (κ2) is 7.22. The predicted molar refractivity (Wildman–Crippen MR) is 81.7 cm³/mol. The standard InChI is InChI=1S/C12H27N3O2S.ClH/c1-11-7-5-6-8-15(11)18(16,17)14(4)10-12(2,3)9-13;/h11H,5-10,13H2,1-4H3;1H. The van der Waals surface area contributed by atoms with E-state index < -0.39 is 10.2 Å². The van der Waals surface area contributed by atoms with Crippen molar-refractivity contribution >= 4 is 22.6 Å². The van der Waals surface area contributed by atoms with E-state index >= 15 is 0 Å². The van der Waals surface area contributed by atoms with E-state index in [0.717, 1.165) is 19.3 Å². The highest BCUT2D eigenvalue weighted by molar-refractivity contribution is 7.86. The first-order valence-corrected chi connectivity index (χ1v) is 8.03. The van der Waals surface area contributed by atoms with Crippen molar-refractivity contribution in [2.75, 3.05) is 26.7 Å². The van der Waals surface area contributed by atoms with Crippen LogP contribution in [0, 0.1) is 5.41 Å². The van der Waals surface area contributed by atoms with Gasteiger partial charge in [-0.2, -0.15) is 17.0 Å². The molecule has 0 aromatic heterocycles. The van der Waals surface area contributed by atoms with Crippen molar-refractivity contribution in [2.24, 2.45) is 11.1 Å². The van der Waals surface area contributed by atoms with Crippen molar-refractivity contribution in [1.82, 2.24) is 8.61 Å². The van der Waals surface area contributed by atoms with Gasteiger partial charge in [-0.3, -0.25) is 0 Å². The van der Waals surface area contributed by atoms with E-state index in [1.165, 1.54) is 4.31 Å². The first-order valence-electron chi connectivity index (χ1n) is 6.64. The van der Waals surface area contributed by atoms with Gasteiger partial charge < -0.3 is 5.73 Å². The number of nitrogens with zero attached hydrogens (tertiary/aromatic N) is 2. The quantitative estimate of drug-likeness (QED) is 0.835. The molecule has 0 aromatic rings. The molecular formula is C12H28ClN3O2S. The zero-order valence-electron chi connectivity index (χ0n) is 12.4. The van der Waals surface area contributed by atoms with Crippen molar-refractivity contribution in [3.63, 3.8) is 0 Å². The van der Waals surface area contributed by atoms with Crippen LogP contribution < -0.4 is 5.73 Å². The maximum Gasteiger partial charge on any atom is 0.281 e. The van der Waals surface area contributed by atoms with Gasteiger partial charge in [-0.1, -0.05) is 20.3 Å². The maximum absolute atomic E-state index is 12.5. The molecule has 1 rings (SSSR count). The minimum absolute atomic E-state index is 0. The summed E-state index contributed by atoms with van der Waals surface area (Å²) in [5, 5.41) is 0. The zero-order valence-corrected chi connectivity index (χ0v) is 14.1. The van der Waals surface area contributed by atoms with E-state index in [0.29, 0.717) is 19.6 Å². The lowest BCUT2D eigenvalue weighted by Crippen LogP contribution is -2.51. The first kappa shape index (κ1) is 19.1. The van der Waals surface area contributed by atoms with E-state index in [4.69, 9.17) is 5.73 Å². The molecule has 0 aromatic carbocycles. The molecule has 1 aliphatic rings.